The Morgan fingerprint density at radius 3 is 2.52 bits per heavy atom. The largest absolute Gasteiger partial charge is 0.497 e. The molecule has 0 spiro atoms. The zero-order valence-electron chi connectivity index (χ0n) is 17.3. The van der Waals surface area contributed by atoms with Gasteiger partial charge < -0.3 is 14.2 Å². The molecule has 31 heavy (non-hydrogen) atoms. The minimum Gasteiger partial charge on any atom is -0.497 e. The van der Waals surface area contributed by atoms with Gasteiger partial charge in [-0.2, -0.15) is 5.10 Å². The highest BCUT2D eigenvalue weighted by Gasteiger charge is 2.19. The maximum absolute atomic E-state index is 11.4. The smallest absolute Gasteiger partial charge is 0.311 e. The van der Waals surface area contributed by atoms with E-state index in [1.54, 1.807) is 14.0 Å². The predicted molar refractivity (Wildman–Crippen MR) is 121 cm³/mol. The molecule has 10 heteroatoms. The molecule has 0 saturated heterocycles. The van der Waals surface area contributed by atoms with Gasteiger partial charge in [-0.25, -0.2) is 4.98 Å². The van der Waals surface area contributed by atoms with Crippen molar-refractivity contribution in [3.05, 3.63) is 57.5 Å². The summed E-state index contributed by atoms with van der Waals surface area (Å²) in [7, 11) is 1.62. The average Bonchev–Trinajstić information content (AvgIpc) is 3.24. The summed E-state index contributed by atoms with van der Waals surface area (Å²) in [6, 6.07) is 10.5. The Hall–Kier alpha value is -3.66. The van der Waals surface area contributed by atoms with Gasteiger partial charge >= 0.3 is 5.69 Å². The number of nitro groups is 1. The van der Waals surface area contributed by atoms with Gasteiger partial charge in [0.15, 0.2) is 0 Å². The van der Waals surface area contributed by atoms with E-state index in [1.165, 1.54) is 29.7 Å². The van der Waals surface area contributed by atoms with E-state index in [-0.39, 0.29) is 11.4 Å². The number of thiazole rings is 1. The van der Waals surface area contributed by atoms with Crippen LogP contribution >= 0.6 is 11.3 Å². The minimum atomic E-state index is -0.493. The van der Waals surface area contributed by atoms with Gasteiger partial charge in [-0.15, -0.1) is 11.3 Å². The predicted octanol–water partition coefficient (Wildman–Crippen LogP) is 4.97. The quantitative estimate of drug-likeness (QED) is 0.268. The topological polar surface area (TPSA) is 108 Å². The van der Waals surface area contributed by atoms with Crippen molar-refractivity contribution < 1.29 is 19.1 Å². The zero-order chi connectivity index (χ0) is 22.2. The van der Waals surface area contributed by atoms with Crippen LogP contribution in [0.4, 0.5) is 10.8 Å². The van der Waals surface area contributed by atoms with Crippen LogP contribution in [0.1, 0.15) is 19.4 Å². The molecule has 0 atom stereocenters. The highest BCUT2D eigenvalue weighted by molar-refractivity contribution is 7.14. The maximum Gasteiger partial charge on any atom is 0.311 e. The minimum absolute atomic E-state index is 0.150. The number of nitrogens with one attached hydrogen (secondary N) is 1. The van der Waals surface area contributed by atoms with Crippen LogP contribution in [0.5, 0.6) is 17.2 Å². The summed E-state index contributed by atoms with van der Waals surface area (Å²) >= 11 is 1.39. The number of anilines is 1. The van der Waals surface area contributed by atoms with Crippen LogP contribution in [0, 0.1) is 10.1 Å². The Morgan fingerprint density at radius 1 is 1.16 bits per heavy atom. The summed E-state index contributed by atoms with van der Waals surface area (Å²) in [5, 5.41) is 18.1. The third-order valence-corrected chi connectivity index (χ3v) is 4.89. The normalized spacial score (nSPS) is 10.8. The van der Waals surface area contributed by atoms with Gasteiger partial charge in [0.05, 0.1) is 37.2 Å². The number of nitro benzene ring substituents is 1. The van der Waals surface area contributed by atoms with E-state index in [9.17, 15) is 10.1 Å². The van der Waals surface area contributed by atoms with E-state index in [0.29, 0.717) is 29.7 Å². The Kier molecular flexibility index (Phi) is 7.39. The van der Waals surface area contributed by atoms with Gasteiger partial charge in [-0.3, -0.25) is 15.5 Å². The lowest BCUT2D eigenvalue weighted by molar-refractivity contribution is -0.385. The van der Waals surface area contributed by atoms with Crippen LogP contribution in [-0.4, -0.2) is 36.4 Å². The Balaban J connectivity index is 1.79. The van der Waals surface area contributed by atoms with Crippen molar-refractivity contribution in [3.63, 3.8) is 0 Å². The summed E-state index contributed by atoms with van der Waals surface area (Å²) in [5.41, 5.74) is 4.92. The Morgan fingerprint density at radius 2 is 1.87 bits per heavy atom. The first-order chi connectivity index (χ1) is 15.0. The van der Waals surface area contributed by atoms with Gasteiger partial charge in [-0.1, -0.05) is 0 Å². The van der Waals surface area contributed by atoms with Gasteiger partial charge in [0.25, 0.3) is 0 Å². The molecular weight excluding hydrogens is 420 g/mol. The lowest BCUT2D eigenvalue weighted by atomic mass is 10.1. The number of ether oxygens (including phenoxy) is 3. The molecule has 9 nitrogen and oxygen atoms in total. The molecule has 1 aromatic heterocycles. The highest BCUT2D eigenvalue weighted by Crippen LogP contribution is 2.34. The average molecular weight is 442 g/mol. The third-order valence-electron chi connectivity index (χ3n) is 4.14. The van der Waals surface area contributed by atoms with Crippen molar-refractivity contribution in [1.82, 2.24) is 4.98 Å². The number of rotatable bonds is 10. The second-order valence-electron chi connectivity index (χ2n) is 6.12. The summed E-state index contributed by atoms with van der Waals surface area (Å²) in [4.78, 5) is 15.4. The molecule has 0 aliphatic carbocycles. The van der Waals surface area contributed by atoms with Gasteiger partial charge in [-0.05, 0) is 38.1 Å². The third kappa shape index (κ3) is 5.48. The first-order valence-electron chi connectivity index (χ1n) is 9.52. The fourth-order valence-electron chi connectivity index (χ4n) is 2.74. The molecule has 0 fully saturated rings. The molecule has 3 aromatic rings. The molecule has 0 amide bonds. The Labute approximate surface area is 183 Å². The number of methoxy groups -OCH3 is 1. The first-order valence-corrected chi connectivity index (χ1v) is 10.4. The summed E-state index contributed by atoms with van der Waals surface area (Å²) < 4.78 is 16.1. The van der Waals surface area contributed by atoms with Crippen LogP contribution in [0.2, 0.25) is 0 Å². The van der Waals surface area contributed by atoms with E-state index in [1.807, 2.05) is 36.6 Å². The van der Waals surface area contributed by atoms with Crippen LogP contribution in [-0.2, 0) is 0 Å². The molecule has 0 saturated carbocycles. The van der Waals surface area contributed by atoms with E-state index < -0.39 is 4.92 Å². The van der Waals surface area contributed by atoms with Gasteiger partial charge in [0, 0.05) is 28.6 Å². The number of hydrogen-bond donors (Lipinski definition) is 1. The van der Waals surface area contributed by atoms with E-state index in [4.69, 9.17) is 14.2 Å². The number of benzene rings is 2. The van der Waals surface area contributed by atoms with Crippen LogP contribution < -0.4 is 19.6 Å². The fraction of sp³-hybridized carbons (Fsp3) is 0.238. The van der Waals surface area contributed by atoms with Crippen molar-refractivity contribution >= 4 is 28.4 Å². The van der Waals surface area contributed by atoms with Gasteiger partial charge in [0.1, 0.15) is 11.5 Å². The molecule has 0 unspecified atom stereocenters. The number of aromatic nitrogens is 1. The van der Waals surface area contributed by atoms with Crippen molar-refractivity contribution in [1.29, 1.82) is 0 Å². The second kappa shape index (κ2) is 10.4. The van der Waals surface area contributed by atoms with Crippen molar-refractivity contribution in [3.8, 4) is 28.5 Å². The fourth-order valence-corrected chi connectivity index (χ4v) is 3.41. The molecule has 0 bridgehead atoms. The number of nitrogens with zero attached hydrogens (tertiary/aromatic N) is 3. The lowest BCUT2D eigenvalue weighted by Gasteiger charge is -2.10. The van der Waals surface area contributed by atoms with Crippen molar-refractivity contribution in [2.75, 3.05) is 25.7 Å². The van der Waals surface area contributed by atoms with E-state index >= 15 is 0 Å². The zero-order valence-corrected chi connectivity index (χ0v) is 18.1. The van der Waals surface area contributed by atoms with E-state index in [0.717, 1.165) is 17.0 Å². The number of hydrazone groups is 1. The molecular formula is C21H22N4O5S. The molecule has 0 radical (unpaired) electrons. The molecule has 1 heterocycles. The monoisotopic (exact) mass is 442 g/mol. The van der Waals surface area contributed by atoms with Crippen molar-refractivity contribution in [2.45, 2.75) is 13.8 Å². The molecule has 1 N–H and O–H groups in total. The molecule has 3 rings (SSSR count). The van der Waals surface area contributed by atoms with Gasteiger partial charge in [0.2, 0.25) is 10.9 Å². The van der Waals surface area contributed by atoms with Crippen LogP contribution in [0.3, 0.4) is 0 Å². The Bertz CT molecular complexity index is 1070. The lowest BCUT2D eigenvalue weighted by Crippen LogP contribution is -2.03. The first kappa shape index (κ1) is 22.0. The van der Waals surface area contributed by atoms with E-state index in [2.05, 4.69) is 15.5 Å². The van der Waals surface area contributed by atoms with Crippen LogP contribution in [0.15, 0.2) is 46.9 Å². The SMILES string of the molecule is CCOc1cc(OCC)c([N+](=O)[O-])cc1/C=N\Nc1nc(-c2ccc(OC)cc2)cs1. The maximum atomic E-state index is 11.4. The molecule has 2 aromatic carbocycles. The van der Waals surface area contributed by atoms with Crippen LogP contribution in [0.25, 0.3) is 11.3 Å². The molecule has 162 valence electrons. The summed E-state index contributed by atoms with van der Waals surface area (Å²) in [6.07, 6.45) is 1.46. The summed E-state index contributed by atoms with van der Waals surface area (Å²) in [5.74, 6) is 1.38. The van der Waals surface area contributed by atoms with Crippen molar-refractivity contribution in [2.24, 2.45) is 5.10 Å². The standard InChI is InChI=1S/C21H22N4O5S/c1-4-29-19-11-20(30-5-2)18(25(26)27)10-15(19)12-22-24-21-23-17(13-31-21)14-6-8-16(28-3)9-7-14/h6-13H,4-5H2,1-3H3,(H,23,24)/b22-12-. The second-order valence-corrected chi connectivity index (χ2v) is 6.98. The summed E-state index contributed by atoms with van der Waals surface area (Å²) in [6.45, 7) is 4.30. The highest BCUT2D eigenvalue weighted by atomic mass is 32.1. The molecule has 0 aliphatic heterocycles. The molecule has 0 aliphatic rings. The number of hydrogen-bond acceptors (Lipinski definition) is 9.